The smallest absolute Gasteiger partial charge is 0.335 e. The molecule has 416 valence electrons. The molecule has 0 saturated carbocycles. The van der Waals surface area contributed by atoms with Crippen LogP contribution in [0.15, 0.2) is 85.1 Å². The lowest BCUT2D eigenvalue weighted by Crippen LogP contribution is -2.61. The van der Waals surface area contributed by atoms with Gasteiger partial charge in [0.1, 0.15) is 18.8 Å². The van der Waals surface area contributed by atoms with Crippen LogP contribution in [0.25, 0.3) is 0 Å². The van der Waals surface area contributed by atoms with E-state index in [0.29, 0.717) is 19.3 Å². The average molecular weight is 1030 g/mol. The number of aliphatic carboxylic acids is 1. The Morgan fingerprint density at radius 2 is 0.863 bits per heavy atom. The second kappa shape index (κ2) is 48.8. The number of aliphatic hydroxyl groups excluding tert-OH is 2. The van der Waals surface area contributed by atoms with E-state index in [9.17, 15) is 34.5 Å². The van der Waals surface area contributed by atoms with Gasteiger partial charge >= 0.3 is 23.9 Å². The third-order valence-electron chi connectivity index (χ3n) is 12.4. The number of allylic oxidation sites excluding steroid dienone is 14. The van der Waals surface area contributed by atoms with E-state index in [1.54, 1.807) is 0 Å². The van der Waals surface area contributed by atoms with Crippen LogP contribution in [-0.4, -0.2) is 89.2 Å². The van der Waals surface area contributed by atoms with Crippen molar-refractivity contribution >= 4 is 23.9 Å². The summed E-state index contributed by atoms with van der Waals surface area (Å²) >= 11 is 0. The van der Waals surface area contributed by atoms with Gasteiger partial charge in [-0.05, 0) is 103 Å². The number of carbonyl (C=O) groups is 4. The van der Waals surface area contributed by atoms with Gasteiger partial charge in [0.2, 0.25) is 0 Å². The van der Waals surface area contributed by atoms with Crippen LogP contribution < -0.4 is 0 Å². The van der Waals surface area contributed by atoms with Gasteiger partial charge in [0.25, 0.3) is 0 Å². The third kappa shape index (κ3) is 39.0. The van der Waals surface area contributed by atoms with Crippen molar-refractivity contribution in [1.29, 1.82) is 0 Å². The Bertz CT molecular complexity index is 1590. The molecule has 12 heteroatoms. The Balaban J connectivity index is 2.70. The summed E-state index contributed by atoms with van der Waals surface area (Å²) in [6, 6.07) is 0. The molecule has 1 saturated heterocycles. The minimum Gasteiger partial charge on any atom is -0.479 e. The maximum Gasteiger partial charge on any atom is 0.335 e. The first-order valence-corrected chi connectivity index (χ1v) is 28.6. The Hall–Kier alpha value is -4.10. The zero-order valence-corrected chi connectivity index (χ0v) is 45.6. The van der Waals surface area contributed by atoms with Gasteiger partial charge < -0.3 is 39.0 Å². The van der Waals surface area contributed by atoms with Gasteiger partial charge in [-0.3, -0.25) is 14.4 Å². The van der Waals surface area contributed by atoms with Gasteiger partial charge in [-0.25, -0.2) is 4.79 Å². The summed E-state index contributed by atoms with van der Waals surface area (Å²) in [5, 5.41) is 31.4. The predicted molar refractivity (Wildman–Crippen MR) is 294 cm³/mol. The number of hydrogen-bond donors (Lipinski definition) is 3. The maximum atomic E-state index is 13.1. The molecule has 12 nitrogen and oxygen atoms in total. The summed E-state index contributed by atoms with van der Waals surface area (Å²) in [6.07, 6.45) is 49.9. The maximum absolute atomic E-state index is 13.1. The van der Waals surface area contributed by atoms with E-state index < -0.39 is 67.3 Å². The number of hydrogen-bond acceptors (Lipinski definition) is 11. The van der Waals surface area contributed by atoms with E-state index in [1.807, 2.05) is 0 Å². The average Bonchev–Trinajstić information content (AvgIpc) is 3.37. The van der Waals surface area contributed by atoms with Crippen LogP contribution >= 0.6 is 0 Å². The molecule has 0 amide bonds. The van der Waals surface area contributed by atoms with Crippen LogP contribution in [0, 0.1) is 0 Å². The first-order valence-electron chi connectivity index (χ1n) is 28.6. The summed E-state index contributed by atoms with van der Waals surface area (Å²) in [5.41, 5.74) is 0. The van der Waals surface area contributed by atoms with Crippen molar-refractivity contribution in [2.75, 3.05) is 13.2 Å². The van der Waals surface area contributed by atoms with Crippen molar-refractivity contribution in [3.05, 3.63) is 85.1 Å². The topological polar surface area (TPSA) is 175 Å². The Morgan fingerprint density at radius 1 is 0.466 bits per heavy atom. The number of carboxylic acids is 1. The summed E-state index contributed by atoms with van der Waals surface area (Å²) < 4.78 is 28.3. The van der Waals surface area contributed by atoms with E-state index in [0.717, 1.165) is 148 Å². The zero-order valence-electron chi connectivity index (χ0n) is 45.6. The highest BCUT2D eigenvalue weighted by atomic mass is 16.7. The van der Waals surface area contributed by atoms with Crippen molar-refractivity contribution in [2.24, 2.45) is 0 Å². The van der Waals surface area contributed by atoms with Gasteiger partial charge in [-0.1, -0.05) is 189 Å². The molecule has 6 unspecified atom stereocenters. The fourth-order valence-corrected chi connectivity index (χ4v) is 8.08. The largest absolute Gasteiger partial charge is 0.479 e. The van der Waals surface area contributed by atoms with Crippen molar-refractivity contribution in [3.63, 3.8) is 0 Å². The molecule has 0 bridgehead atoms. The molecule has 1 aliphatic rings. The zero-order chi connectivity index (χ0) is 53.3. The Morgan fingerprint density at radius 3 is 1.33 bits per heavy atom. The Labute approximate surface area is 441 Å². The third-order valence-corrected chi connectivity index (χ3v) is 12.4. The number of unbranched alkanes of at least 4 members (excludes halogenated alkanes) is 19. The second-order valence-corrected chi connectivity index (χ2v) is 19.2. The molecular formula is C61H100O12. The van der Waals surface area contributed by atoms with Crippen molar-refractivity contribution < 1.29 is 58.2 Å². The van der Waals surface area contributed by atoms with E-state index in [-0.39, 0.29) is 25.9 Å². The van der Waals surface area contributed by atoms with Crippen LogP contribution in [0.1, 0.15) is 226 Å². The second-order valence-electron chi connectivity index (χ2n) is 19.2. The Kier molecular flexibility index (Phi) is 44.7. The van der Waals surface area contributed by atoms with Crippen molar-refractivity contribution in [2.45, 2.75) is 263 Å². The summed E-state index contributed by atoms with van der Waals surface area (Å²) in [6.45, 7) is 5.69. The van der Waals surface area contributed by atoms with Crippen LogP contribution in [0.2, 0.25) is 0 Å². The molecule has 1 heterocycles. The molecule has 0 spiro atoms. The lowest BCUT2D eigenvalue weighted by molar-refractivity contribution is -0.301. The monoisotopic (exact) mass is 1020 g/mol. The molecule has 0 radical (unpaired) electrons. The SMILES string of the molecule is CC/C=C\C/C=C\C/C=C\CCCCCCCCCC(=O)OCC(COC1OC(C(=O)O)C(O)C(O)C1OC(=O)CCCCCCC/C=C\C/C=C\C/C=C\CC)OC(=O)CCCCCCC/C=C\CCCC. The number of aliphatic hydroxyl groups is 2. The van der Waals surface area contributed by atoms with Crippen LogP contribution in [0.4, 0.5) is 0 Å². The molecule has 0 aromatic rings. The van der Waals surface area contributed by atoms with Crippen molar-refractivity contribution in [1.82, 2.24) is 0 Å². The minimum absolute atomic E-state index is 0.0363. The molecule has 73 heavy (non-hydrogen) atoms. The van der Waals surface area contributed by atoms with Crippen LogP contribution in [0.5, 0.6) is 0 Å². The first kappa shape index (κ1) is 66.9. The molecular weight excluding hydrogens is 925 g/mol. The summed E-state index contributed by atoms with van der Waals surface area (Å²) in [7, 11) is 0. The highest BCUT2D eigenvalue weighted by Gasteiger charge is 2.50. The highest BCUT2D eigenvalue weighted by Crippen LogP contribution is 2.26. The van der Waals surface area contributed by atoms with E-state index in [1.165, 1.54) is 19.3 Å². The standard InChI is InChI=1S/C61H100O12/c1-4-7-10-13-16-19-22-24-26-27-29-30-33-35-38-41-44-47-53(62)69-50-52(71-54(63)48-45-42-39-36-32-21-18-15-12-9-6-3)51-70-61-59(57(66)56(65)58(73-61)60(67)68)72-55(64)49-46-43-40-37-34-31-28-25-23-20-17-14-11-8-5-2/h7-8,10-11,15-20,24-26,28,52,56-59,61,65-66H,4-6,9,12-14,21-23,27,29-51H2,1-3H3,(H,67,68)/b10-7-,11-8-,18-15-,19-16-,20-17-,26-24-,28-25-. The number of carboxylic acid groups (broad SMARTS) is 1. The van der Waals surface area contributed by atoms with Gasteiger partial charge in [-0.15, -0.1) is 0 Å². The fourth-order valence-electron chi connectivity index (χ4n) is 8.08. The quantitative estimate of drug-likeness (QED) is 0.0228. The minimum atomic E-state index is -1.91. The number of rotatable bonds is 47. The van der Waals surface area contributed by atoms with Gasteiger partial charge in [0, 0.05) is 19.3 Å². The normalized spacial score (nSPS) is 18.9. The number of esters is 3. The van der Waals surface area contributed by atoms with Crippen molar-refractivity contribution in [3.8, 4) is 0 Å². The predicted octanol–water partition coefficient (Wildman–Crippen LogP) is 14.3. The van der Waals surface area contributed by atoms with Gasteiger partial charge in [0.05, 0.1) is 6.61 Å². The van der Waals surface area contributed by atoms with Crippen LogP contribution in [0.3, 0.4) is 0 Å². The molecule has 1 fully saturated rings. The fraction of sp³-hybridized carbons (Fsp3) is 0.705. The molecule has 0 aliphatic carbocycles. The lowest BCUT2D eigenvalue weighted by Gasteiger charge is -2.40. The van der Waals surface area contributed by atoms with E-state index in [4.69, 9.17) is 23.7 Å². The van der Waals surface area contributed by atoms with E-state index >= 15 is 0 Å². The number of ether oxygens (including phenoxy) is 5. The molecule has 3 N–H and O–H groups in total. The molecule has 1 rings (SSSR count). The summed E-state index contributed by atoms with van der Waals surface area (Å²) in [5.74, 6) is -3.17. The summed E-state index contributed by atoms with van der Waals surface area (Å²) in [4.78, 5) is 51.0. The molecule has 1 aliphatic heterocycles. The van der Waals surface area contributed by atoms with Gasteiger partial charge in [0.15, 0.2) is 24.6 Å². The first-order chi connectivity index (χ1) is 35.6. The molecule has 0 aromatic carbocycles. The lowest BCUT2D eigenvalue weighted by atomic mass is 9.98. The van der Waals surface area contributed by atoms with Gasteiger partial charge in [-0.2, -0.15) is 0 Å². The van der Waals surface area contributed by atoms with E-state index in [2.05, 4.69) is 106 Å². The molecule has 0 aromatic heterocycles. The highest BCUT2D eigenvalue weighted by molar-refractivity contribution is 5.74. The number of carbonyl (C=O) groups excluding carboxylic acids is 3. The van der Waals surface area contributed by atoms with Crippen LogP contribution in [-0.2, 0) is 42.9 Å². The molecule has 6 atom stereocenters.